The van der Waals surface area contributed by atoms with Gasteiger partial charge in [-0.05, 0) is 25.5 Å². The summed E-state index contributed by atoms with van der Waals surface area (Å²) in [6.45, 7) is 10.0. The zero-order valence-electron chi connectivity index (χ0n) is 16.2. The summed E-state index contributed by atoms with van der Waals surface area (Å²) in [7, 11) is 0. The molecule has 0 aliphatic carbocycles. The highest BCUT2D eigenvalue weighted by Gasteiger charge is 2.21. The fraction of sp³-hybridized carbons (Fsp3) is 0.421. The van der Waals surface area contributed by atoms with Crippen LogP contribution in [0.5, 0.6) is 0 Å². The van der Waals surface area contributed by atoms with Crippen LogP contribution in [0, 0.1) is 0 Å². The molecule has 3 rings (SSSR count). The number of carbonyl (C=O) groups excluding carboxylic acids is 1. The van der Waals surface area contributed by atoms with Crippen LogP contribution in [-0.2, 0) is 5.41 Å². The average molecular weight is 368 g/mol. The molecule has 3 aromatic rings. The van der Waals surface area contributed by atoms with E-state index in [0.29, 0.717) is 23.2 Å². The summed E-state index contributed by atoms with van der Waals surface area (Å²) in [5, 5.41) is 6.95. The third kappa shape index (κ3) is 4.21. The first-order chi connectivity index (χ1) is 12.8. The van der Waals surface area contributed by atoms with Gasteiger partial charge in [-0.1, -0.05) is 32.9 Å². The molecular formula is C19H24N6O2. The van der Waals surface area contributed by atoms with Crippen molar-refractivity contribution < 1.29 is 9.32 Å². The Hall–Kier alpha value is -3.03. The molecule has 0 saturated heterocycles. The molecule has 0 aromatic carbocycles. The number of hydrogen-bond acceptors (Lipinski definition) is 6. The summed E-state index contributed by atoms with van der Waals surface area (Å²) < 4.78 is 7.08. The molecule has 0 bridgehead atoms. The minimum atomic E-state index is -0.203. The summed E-state index contributed by atoms with van der Waals surface area (Å²) in [4.78, 5) is 25.2. The van der Waals surface area contributed by atoms with Crippen LogP contribution in [0.1, 0.15) is 57.4 Å². The summed E-state index contributed by atoms with van der Waals surface area (Å²) in [6, 6.07) is 3.72. The molecule has 0 radical (unpaired) electrons. The van der Waals surface area contributed by atoms with Gasteiger partial charge in [0.2, 0.25) is 0 Å². The SMILES string of the molecule is CC[C@H](C)NC(=O)c1cn(-c2cc(-c3nc(C(C)(C)C)no3)ccn2)cn1. The molecule has 1 atom stereocenters. The van der Waals surface area contributed by atoms with Gasteiger partial charge >= 0.3 is 0 Å². The molecule has 1 N–H and O–H groups in total. The number of aromatic nitrogens is 5. The van der Waals surface area contributed by atoms with Gasteiger partial charge in [-0.3, -0.25) is 9.36 Å². The van der Waals surface area contributed by atoms with E-state index in [9.17, 15) is 4.79 Å². The van der Waals surface area contributed by atoms with Crippen LogP contribution in [0.4, 0.5) is 0 Å². The van der Waals surface area contributed by atoms with Crippen molar-refractivity contribution in [2.45, 2.75) is 52.5 Å². The van der Waals surface area contributed by atoms with Gasteiger partial charge in [-0.25, -0.2) is 9.97 Å². The topological polar surface area (TPSA) is 98.7 Å². The van der Waals surface area contributed by atoms with Crippen LogP contribution in [0.25, 0.3) is 17.3 Å². The zero-order chi connectivity index (χ0) is 19.6. The Balaban J connectivity index is 1.84. The first kappa shape index (κ1) is 18.8. The molecule has 27 heavy (non-hydrogen) atoms. The third-order valence-electron chi connectivity index (χ3n) is 4.16. The molecule has 1 amide bonds. The van der Waals surface area contributed by atoms with E-state index in [4.69, 9.17) is 4.52 Å². The first-order valence-corrected chi connectivity index (χ1v) is 8.93. The average Bonchev–Trinajstić information content (AvgIpc) is 3.31. The number of hydrogen-bond donors (Lipinski definition) is 1. The van der Waals surface area contributed by atoms with Crippen molar-refractivity contribution in [2.75, 3.05) is 0 Å². The van der Waals surface area contributed by atoms with Gasteiger partial charge in [0, 0.05) is 29.4 Å². The first-order valence-electron chi connectivity index (χ1n) is 8.93. The number of carbonyl (C=O) groups is 1. The Kier molecular flexibility index (Phi) is 5.07. The van der Waals surface area contributed by atoms with E-state index >= 15 is 0 Å². The summed E-state index contributed by atoms with van der Waals surface area (Å²) in [5.41, 5.74) is 0.900. The van der Waals surface area contributed by atoms with E-state index in [1.54, 1.807) is 29.4 Å². The fourth-order valence-corrected chi connectivity index (χ4v) is 2.30. The van der Waals surface area contributed by atoms with Gasteiger partial charge in [0.1, 0.15) is 17.8 Å². The van der Waals surface area contributed by atoms with Crippen LogP contribution < -0.4 is 5.32 Å². The molecule has 0 aliphatic rings. The van der Waals surface area contributed by atoms with Crippen molar-refractivity contribution in [2.24, 2.45) is 0 Å². The zero-order valence-corrected chi connectivity index (χ0v) is 16.2. The molecule has 8 nitrogen and oxygen atoms in total. The normalized spacial score (nSPS) is 12.8. The highest BCUT2D eigenvalue weighted by atomic mass is 16.5. The van der Waals surface area contributed by atoms with Crippen molar-refractivity contribution in [3.05, 3.63) is 42.4 Å². The monoisotopic (exact) mass is 368 g/mol. The van der Waals surface area contributed by atoms with Crippen LogP contribution in [-0.4, -0.2) is 36.6 Å². The minimum absolute atomic E-state index is 0.0960. The maximum atomic E-state index is 12.2. The maximum absolute atomic E-state index is 12.2. The van der Waals surface area contributed by atoms with Gasteiger partial charge in [-0.2, -0.15) is 4.98 Å². The molecule has 0 saturated carbocycles. The molecule has 0 spiro atoms. The molecule has 0 fully saturated rings. The Morgan fingerprint density at radius 3 is 2.78 bits per heavy atom. The smallest absolute Gasteiger partial charge is 0.271 e. The van der Waals surface area contributed by atoms with Gasteiger partial charge in [0.05, 0.1) is 0 Å². The van der Waals surface area contributed by atoms with Crippen LogP contribution in [0.15, 0.2) is 35.4 Å². The van der Waals surface area contributed by atoms with Crippen LogP contribution in [0.2, 0.25) is 0 Å². The standard InChI is InChI=1S/C19H24N6O2/c1-6-12(2)22-16(26)14-10-25(11-21-14)15-9-13(7-8-20-15)17-23-18(24-27-17)19(3,4)5/h7-12H,6H2,1-5H3,(H,22,26)/t12-/m0/s1. The van der Waals surface area contributed by atoms with E-state index in [0.717, 1.165) is 12.0 Å². The van der Waals surface area contributed by atoms with E-state index in [-0.39, 0.29) is 17.4 Å². The highest BCUT2D eigenvalue weighted by Crippen LogP contribution is 2.24. The lowest BCUT2D eigenvalue weighted by molar-refractivity contribution is 0.0934. The molecule has 3 heterocycles. The lowest BCUT2D eigenvalue weighted by Crippen LogP contribution is -2.32. The van der Waals surface area contributed by atoms with Crippen LogP contribution in [0.3, 0.4) is 0 Å². The second-order valence-electron chi connectivity index (χ2n) is 7.52. The van der Waals surface area contributed by atoms with E-state index in [1.165, 1.54) is 0 Å². The number of rotatable bonds is 5. The summed E-state index contributed by atoms with van der Waals surface area (Å²) in [5.74, 6) is 1.48. The lowest BCUT2D eigenvalue weighted by Gasteiger charge is -2.10. The van der Waals surface area contributed by atoms with E-state index < -0.39 is 0 Å². The van der Waals surface area contributed by atoms with Crippen molar-refractivity contribution in [1.29, 1.82) is 0 Å². The number of amides is 1. The lowest BCUT2D eigenvalue weighted by atomic mass is 9.96. The van der Waals surface area contributed by atoms with Crippen molar-refractivity contribution in [3.63, 3.8) is 0 Å². The quantitative estimate of drug-likeness (QED) is 0.743. The molecule has 142 valence electrons. The Bertz CT molecular complexity index is 938. The molecule has 0 aliphatic heterocycles. The predicted molar refractivity (Wildman–Crippen MR) is 101 cm³/mol. The van der Waals surface area contributed by atoms with Crippen molar-refractivity contribution >= 4 is 5.91 Å². The number of pyridine rings is 1. The van der Waals surface area contributed by atoms with Gasteiger partial charge in [-0.15, -0.1) is 0 Å². The molecule has 0 unspecified atom stereocenters. The van der Waals surface area contributed by atoms with Crippen molar-refractivity contribution in [1.82, 2.24) is 30.0 Å². The summed E-state index contributed by atoms with van der Waals surface area (Å²) in [6.07, 6.45) is 5.73. The summed E-state index contributed by atoms with van der Waals surface area (Å²) >= 11 is 0. The maximum Gasteiger partial charge on any atom is 0.271 e. The number of nitrogens with one attached hydrogen (secondary N) is 1. The number of imidazole rings is 1. The minimum Gasteiger partial charge on any atom is -0.348 e. The highest BCUT2D eigenvalue weighted by molar-refractivity contribution is 5.92. The van der Waals surface area contributed by atoms with Crippen molar-refractivity contribution in [3.8, 4) is 17.3 Å². The van der Waals surface area contributed by atoms with Gasteiger partial charge in [0.15, 0.2) is 5.82 Å². The third-order valence-corrected chi connectivity index (χ3v) is 4.16. The van der Waals surface area contributed by atoms with E-state index in [2.05, 4.69) is 25.4 Å². The second-order valence-corrected chi connectivity index (χ2v) is 7.52. The fourth-order valence-electron chi connectivity index (χ4n) is 2.30. The van der Waals surface area contributed by atoms with Crippen LogP contribution >= 0.6 is 0 Å². The Morgan fingerprint density at radius 2 is 2.11 bits per heavy atom. The van der Waals surface area contributed by atoms with E-state index in [1.807, 2.05) is 40.7 Å². The molecule has 3 aromatic heterocycles. The largest absolute Gasteiger partial charge is 0.348 e. The molecular weight excluding hydrogens is 344 g/mol. The predicted octanol–water partition coefficient (Wildman–Crippen LogP) is 3.14. The Morgan fingerprint density at radius 1 is 1.33 bits per heavy atom. The number of nitrogens with zero attached hydrogens (tertiary/aromatic N) is 5. The molecule has 8 heteroatoms. The van der Waals surface area contributed by atoms with Gasteiger partial charge in [0.25, 0.3) is 11.8 Å². The van der Waals surface area contributed by atoms with Gasteiger partial charge < -0.3 is 9.84 Å². The second kappa shape index (κ2) is 7.30. The Labute approximate surface area is 158 Å².